The molecule has 2 aliphatic carbocycles. The second kappa shape index (κ2) is 16.5. The summed E-state index contributed by atoms with van der Waals surface area (Å²) in [5.41, 5.74) is -2.23. The third kappa shape index (κ3) is 9.38. The number of carbonyl (C=O) groups is 3. The van der Waals surface area contributed by atoms with Gasteiger partial charge in [0.05, 0.1) is 43.0 Å². The molecule has 1 atom stereocenters. The summed E-state index contributed by atoms with van der Waals surface area (Å²) in [5, 5.41) is 4.35. The van der Waals surface area contributed by atoms with Gasteiger partial charge in [0.2, 0.25) is 5.91 Å². The molecule has 2 saturated heterocycles. The van der Waals surface area contributed by atoms with Crippen LogP contribution in [0, 0.1) is 22.7 Å². The number of benzene rings is 2. The SMILES string of the molecule is CC(C)(C)OC(=O)c1ccccc1Cn1cc(C(=O)N2CC(COCc3cccc(C4CCC(C(F)(F)F)CC4)c3OC(F)F)C3(C2)CN(C(=O)C2(C(F)(F)F)CC2)C3)cn1. The minimum Gasteiger partial charge on any atom is -0.456 e. The average molecular weight is 869 g/mol. The number of amides is 2. The number of rotatable bonds is 12. The minimum absolute atomic E-state index is 0.0575. The van der Waals surface area contributed by atoms with Crippen LogP contribution in [-0.2, 0) is 27.4 Å². The molecule has 0 radical (unpaired) electrons. The Labute approximate surface area is 347 Å². The quantitative estimate of drug-likeness (QED) is 0.133. The predicted molar refractivity (Wildman–Crippen MR) is 203 cm³/mol. The van der Waals surface area contributed by atoms with Gasteiger partial charge in [0.15, 0.2) is 0 Å². The normalized spacial score (nSPS) is 22.3. The number of esters is 1. The number of carbonyl (C=O) groups excluding carboxylic acids is 3. The first-order valence-corrected chi connectivity index (χ1v) is 20.3. The van der Waals surface area contributed by atoms with Gasteiger partial charge in [-0.1, -0.05) is 36.4 Å². The lowest BCUT2D eigenvalue weighted by Gasteiger charge is -2.51. The maximum Gasteiger partial charge on any atom is 0.403 e. The number of hydrogen-bond donors (Lipinski definition) is 0. The fourth-order valence-corrected chi connectivity index (χ4v) is 9.10. The number of likely N-dealkylation sites (tertiary alicyclic amines) is 2. The molecule has 2 saturated carbocycles. The molecule has 1 spiro atoms. The van der Waals surface area contributed by atoms with Gasteiger partial charge >= 0.3 is 24.9 Å². The van der Waals surface area contributed by atoms with Gasteiger partial charge < -0.3 is 24.0 Å². The molecule has 3 aromatic rings. The summed E-state index contributed by atoms with van der Waals surface area (Å²) in [6, 6.07) is 11.5. The van der Waals surface area contributed by atoms with Crippen LogP contribution in [-0.4, -0.2) is 94.7 Å². The summed E-state index contributed by atoms with van der Waals surface area (Å²) < 4.78 is 127. The third-order valence-corrected chi connectivity index (χ3v) is 12.5. The molecular weight excluding hydrogens is 820 g/mol. The molecule has 18 heteroatoms. The summed E-state index contributed by atoms with van der Waals surface area (Å²) >= 11 is 0. The van der Waals surface area contributed by atoms with Crippen LogP contribution in [0.5, 0.6) is 5.75 Å². The zero-order chi connectivity index (χ0) is 44.1. The van der Waals surface area contributed by atoms with Gasteiger partial charge in [-0.15, -0.1) is 0 Å². The Hall–Kier alpha value is -4.74. The monoisotopic (exact) mass is 868 g/mol. The first kappa shape index (κ1) is 44.3. The lowest BCUT2D eigenvalue weighted by atomic mass is 9.71. The number of ether oxygens (including phenoxy) is 3. The van der Waals surface area contributed by atoms with E-state index < -0.39 is 70.9 Å². The number of halogens is 8. The fourth-order valence-electron chi connectivity index (χ4n) is 9.10. The van der Waals surface area contributed by atoms with Gasteiger partial charge in [0, 0.05) is 49.3 Å². The molecule has 3 heterocycles. The molecule has 2 aromatic carbocycles. The van der Waals surface area contributed by atoms with E-state index >= 15 is 0 Å². The molecule has 7 rings (SSSR count). The summed E-state index contributed by atoms with van der Waals surface area (Å²) in [6.07, 6.45) is -6.77. The summed E-state index contributed by atoms with van der Waals surface area (Å²) in [6.45, 7) is 1.93. The largest absolute Gasteiger partial charge is 0.456 e. The highest BCUT2D eigenvalue weighted by Crippen LogP contribution is 2.60. The number of para-hydroxylation sites is 1. The van der Waals surface area contributed by atoms with E-state index in [1.165, 1.54) is 32.9 Å². The molecular formula is C43H48F8N4O6. The maximum atomic E-state index is 14.0. The Bertz CT molecular complexity index is 2100. The molecule has 61 heavy (non-hydrogen) atoms. The maximum absolute atomic E-state index is 14.0. The molecule has 4 fully saturated rings. The van der Waals surface area contributed by atoms with Crippen molar-refractivity contribution < 1.29 is 63.7 Å². The van der Waals surface area contributed by atoms with Crippen LogP contribution in [0.15, 0.2) is 54.9 Å². The standard InChI is InChI=1S/C43H48F8N4O6/c1-39(2,3)61-36(57)33-9-5-4-7-27(33)18-55-19-29(17-52-55)35(56)53-20-31(40(23-53)24-54(25-40)37(58)41(15-16-41)43(49,50)51)22-59-21-28-8-6-10-32(34(28)60-38(44)45)26-11-13-30(14-12-26)42(46,47)48/h4-10,17,19,26,30-31,38H,11-16,18,20-25H2,1-3H3. The van der Waals surface area contributed by atoms with E-state index in [9.17, 15) is 49.5 Å². The van der Waals surface area contributed by atoms with Crippen LogP contribution in [0.4, 0.5) is 35.1 Å². The molecule has 2 aliphatic heterocycles. The van der Waals surface area contributed by atoms with Crippen LogP contribution in [0.25, 0.3) is 0 Å². The van der Waals surface area contributed by atoms with E-state index in [0.717, 1.165) is 0 Å². The van der Waals surface area contributed by atoms with Crippen molar-refractivity contribution in [3.63, 3.8) is 0 Å². The third-order valence-electron chi connectivity index (χ3n) is 12.5. The van der Waals surface area contributed by atoms with E-state index in [1.54, 1.807) is 57.2 Å². The highest BCUT2D eigenvalue weighted by atomic mass is 19.4. The van der Waals surface area contributed by atoms with Gasteiger partial charge in [-0.25, -0.2) is 4.79 Å². The lowest BCUT2D eigenvalue weighted by molar-refractivity contribution is -0.205. The van der Waals surface area contributed by atoms with Gasteiger partial charge in [-0.2, -0.15) is 40.2 Å². The molecule has 0 N–H and O–H groups in total. The van der Waals surface area contributed by atoms with E-state index in [-0.39, 0.29) is 101 Å². The lowest BCUT2D eigenvalue weighted by Crippen LogP contribution is -2.65. The molecule has 10 nitrogen and oxygen atoms in total. The van der Waals surface area contributed by atoms with Crippen molar-refractivity contribution in [1.29, 1.82) is 0 Å². The molecule has 2 amide bonds. The van der Waals surface area contributed by atoms with Crippen molar-refractivity contribution in [3.8, 4) is 5.75 Å². The van der Waals surface area contributed by atoms with Crippen molar-refractivity contribution in [2.24, 2.45) is 22.7 Å². The van der Waals surface area contributed by atoms with Gasteiger partial charge in [-0.05, 0) is 82.4 Å². The van der Waals surface area contributed by atoms with Crippen molar-refractivity contribution in [1.82, 2.24) is 19.6 Å². The number of nitrogens with zero attached hydrogens (tertiary/aromatic N) is 4. The van der Waals surface area contributed by atoms with E-state index in [0.29, 0.717) is 16.7 Å². The summed E-state index contributed by atoms with van der Waals surface area (Å²) in [4.78, 5) is 42.8. The number of alkyl halides is 8. The van der Waals surface area contributed by atoms with Crippen LogP contribution < -0.4 is 4.74 Å². The molecule has 0 bridgehead atoms. The highest BCUT2D eigenvalue weighted by Gasteiger charge is 2.71. The predicted octanol–water partition coefficient (Wildman–Crippen LogP) is 8.78. The smallest absolute Gasteiger partial charge is 0.403 e. The average Bonchev–Trinajstić information content (AvgIpc) is 3.73. The van der Waals surface area contributed by atoms with E-state index in [2.05, 4.69) is 5.10 Å². The van der Waals surface area contributed by atoms with Crippen LogP contribution in [0.2, 0.25) is 0 Å². The molecule has 1 unspecified atom stereocenters. The van der Waals surface area contributed by atoms with Crippen molar-refractivity contribution >= 4 is 17.8 Å². The van der Waals surface area contributed by atoms with Crippen molar-refractivity contribution in [3.05, 3.63) is 82.7 Å². The Morgan fingerprint density at radius 3 is 2.15 bits per heavy atom. The van der Waals surface area contributed by atoms with E-state index in [1.807, 2.05) is 0 Å². The highest BCUT2D eigenvalue weighted by molar-refractivity contribution is 5.94. The zero-order valence-corrected chi connectivity index (χ0v) is 34.0. The Morgan fingerprint density at radius 1 is 0.869 bits per heavy atom. The van der Waals surface area contributed by atoms with Crippen LogP contribution in [0.3, 0.4) is 0 Å². The molecule has 332 valence electrons. The summed E-state index contributed by atoms with van der Waals surface area (Å²) in [7, 11) is 0. The number of hydrogen-bond acceptors (Lipinski definition) is 7. The summed E-state index contributed by atoms with van der Waals surface area (Å²) in [5.74, 6) is -4.51. The van der Waals surface area contributed by atoms with Crippen LogP contribution >= 0.6 is 0 Å². The van der Waals surface area contributed by atoms with Crippen LogP contribution in [0.1, 0.15) is 103 Å². The first-order chi connectivity index (χ1) is 28.6. The minimum atomic E-state index is -4.70. The fraction of sp³-hybridized carbons (Fsp3) is 0.581. The molecule has 4 aliphatic rings. The van der Waals surface area contributed by atoms with Crippen molar-refractivity contribution in [2.75, 3.05) is 32.8 Å². The second-order valence-corrected chi connectivity index (χ2v) is 17.9. The van der Waals surface area contributed by atoms with Gasteiger partial charge in [0.25, 0.3) is 5.91 Å². The Kier molecular flexibility index (Phi) is 12.0. The molecule has 1 aromatic heterocycles. The zero-order valence-electron chi connectivity index (χ0n) is 34.0. The van der Waals surface area contributed by atoms with Crippen molar-refractivity contribution in [2.45, 2.75) is 103 Å². The van der Waals surface area contributed by atoms with Gasteiger partial charge in [-0.3, -0.25) is 14.3 Å². The topological polar surface area (TPSA) is 103 Å². The number of aromatic nitrogens is 2. The second-order valence-electron chi connectivity index (χ2n) is 17.9. The Morgan fingerprint density at radius 2 is 1.52 bits per heavy atom. The van der Waals surface area contributed by atoms with E-state index in [4.69, 9.17) is 14.2 Å². The Balaban J connectivity index is 1.07. The first-order valence-electron chi connectivity index (χ1n) is 20.3. The van der Waals surface area contributed by atoms with Gasteiger partial charge in [0.1, 0.15) is 16.8 Å².